The zero-order chi connectivity index (χ0) is 13.4. The van der Waals surface area contributed by atoms with E-state index in [1.165, 1.54) is 0 Å². The molecule has 1 radical (unpaired) electrons. The maximum atomic E-state index is 5.54. The third-order valence-corrected chi connectivity index (χ3v) is 3.24. The van der Waals surface area contributed by atoms with E-state index in [9.17, 15) is 0 Å². The molecular weight excluding hydrogens is 311 g/mol. The van der Waals surface area contributed by atoms with Crippen molar-refractivity contribution in [2.45, 2.75) is 33.2 Å². The maximum Gasteiger partial charge on any atom is 0.0762 e. The van der Waals surface area contributed by atoms with Crippen LogP contribution in [-0.4, -0.2) is 28.5 Å². The van der Waals surface area contributed by atoms with Crippen molar-refractivity contribution in [1.29, 1.82) is 0 Å². The van der Waals surface area contributed by atoms with Crippen molar-refractivity contribution in [2.24, 2.45) is 5.41 Å². The van der Waals surface area contributed by atoms with Crippen LogP contribution in [0.15, 0.2) is 12.3 Å². The number of aromatic nitrogens is 1. The summed E-state index contributed by atoms with van der Waals surface area (Å²) in [6.07, 6.45) is 1.59. The van der Waals surface area contributed by atoms with Gasteiger partial charge in [-0.3, -0.25) is 4.90 Å². The van der Waals surface area contributed by atoms with E-state index in [0.29, 0.717) is 11.1 Å². The Morgan fingerprint density at radius 2 is 2.05 bits per heavy atom. The van der Waals surface area contributed by atoms with Gasteiger partial charge in [-0.15, -0.1) is 12.0 Å². The second kappa shape index (κ2) is 5.91. The largest absolute Gasteiger partial charge is 0.418 e. The van der Waals surface area contributed by atoms with Crippen LogP contribution in [0.3, 0.4) is 0 Å². The third-order valence-electron chi connectivity index (χ3n) is 3.24. The Balaban J connectivity index is 0.00000180. The molecule has 0 spiro atoms. The molecule has 1 aliphatic heterocycles. The summed E-state index contributed by atoms with van der Waals surface area (Å²) in [5.41, 5.74) is 7.12. The molecule has 1 saturated heterocycles. The predicted molar refractivity (Wildman–Crippen MR) is 73.8 cm³/mol. The fourth-order valence-electron chi connectivity index (χ4n) is 2.11. The molecule has 1 aromatic rings. The zero-order valence-electron chi connectivity index (χ0n) is 12.1. The Labute approximate surface area is 141 Å². The summed E-state index contributed by atoms with van der Waals surface area (Å²) < 4.78 is 0. The van der Waals surface area contributed by atoms with E-state index in [2.05, 4.69) is 55.5 Å². The number of hydrogen-bond donors (Lipinski definition) is 1. The molecule has 2 rings (SSSR count). The molecule has 19 heavy (non-hydrogen) atoms. The average Bonchev–Trinajstić information content (AvgIpc) is 2.25. The molecule has 3 nitrogen and oxygen atoms in total. The molecule has 0 bridgehead atoms. The fraction of sp³-hybridized carbons (Fsp3) is 0.533. The van der Waals surface area contributed by atoms with E-state index in [-0.39, 0.29) is 38.2 Å². The van der Waals surface area contributed by atoms with Crippen molar-refractivity contribution in [2.75, 3.05) is 18.8 Å². The van der Waals surface area contributed by atoms with E-state index in [4.69, 9.17) is 5.73 Å². The predicted octanol–water partition coefficient (Wildman–Crippen LogP) is 1.93. The van der Waals surface area contributed by atoms with Gasteiger partial charge in [0.25, 0.3) is 0 Å². The molecule has 0 aliphatic carbocycles. The van der Waals surface area contributed by atoms with Crippen LogP contribution >= 0.6 is 0 Å². The molecule has 1 aliphatic rings. The average molecular weight is 331 g/mol. The fourth-order valence-corrected chi connectivity index (χ4v) is 2.11. The number of pyridine rings is 1. The van der Waals surface area contributed by atoms with Gasteiger partial charge in [-0.2, -0.15) is 6.07 Å². The number of nitrogens with zero attached hydrogens (tertiary/aromatic N) is 2. The molecule has 0 aromatic carbocycles. The summed E-state index contributed by atoms with van der Waals surface area (Å²) >= 11 is 0. The van der Waals surface area contributed by atoms with Crippen molar-refractivity contribution < 1.29 is 32.7 Å². The summed E-state index contributed by atoms with van der Waals surface area (Å²) in [6, 6.07) is 4.64. The summed E-state index contributed by atoms with van der Waals surface area (Å²) in [4.78, 5) is 6.55. The van der Waals surface area contributed by atoms with Crippen molar-refractivity contribution in [3.8, 4) is 11.8 Å². The van der Waals surface area contributed by atoms with E-state index >= 15 is 0 Å². The van der Waals surface area contributed by atoms with Crippen molar-refractivity contribution in [3.05, 3.63) is 24.0 Å². The minimum atomic E-state index is -0.113. The van der Waals surface area contributed by atoms with Gasteiger partial charge in [0.15, 0.2) is 0 Å². The van der Waals surface area contributed by atoms with Crippen molar-refractivity contribution in [3.63, 3.8) is 0 Å². The minimum absolute atomic E-state index is 0. The Morgan fingerprint density at radius 1 is 1.42 bits per heavy atom. The molecular formula is C15H20N3Y-. The SMILES string of the molecule is CC1(C)CN(C(C)(C)C#Cc2c[c-]c(N)cn2)C1.[Y]. The van der Waals surface area contributed by atoms with E-state index in [1.807, 2.05) is 0 Å². The van der Waals surface area contributed by atoms with Crippen LogP contribution in [0.1, 0.15) is 33.4 Å². The number of nitrogen functional groups attached to an aromatic ring is 1. The normalized spacial score (nSPS) is 17.7. The first-order valence-electron chi connectivity index (χ1n) is 6.20. The first-order valence-corrected chi connectivity index (χ1v) is 6.20. The van der Waals surface area contributed by atoms with Crippen molar-refractivity contribution in [1.82, 2.24) is 9.88 Å². The van der Waals surface area contributed by atoms with Crippen LogP contribution in [0.25, 0.3) is 0 Å². The number of anilines is 1. The van der Waals surface area contributed by atoms with Gasteiger partial charge in [0.1, 0.15) is 0 Å². The molecule has 2 N–H and O–H groups in total. The van der Waals surface area contributed by atoms with Crippen LogP contribution < -0.4 is 5.73 Å². The van der Waals surface area contributed by atoms with Gasteiger partial charge in [0, 0.05) is 45.8 Å². The number of likely N-dealkylation sites (tertiary alicyclic amines) is 1. The smallest absolute Gasteiger partial charge is 0.0762 e. The summed E-state index contributed by atoms with van der Waals surface area (Å²) in [5.74, 6) is 6.39. The molecule has 0 saturated carbocycles. The van der Waals surface area contributed by atoms with Crippen LogP contribution in [0.2, 0.25) is 0 Å². The summed E-state index contributed by atoms with van der Waals surface area (Å²) in [6.45, 7) is 11.0. The Morgan fingerprint density at radius 3 is 2.53 bits per heavy atom. The van der Waals surface area contributed by atoms with Crippen molar-refractivity contribution >= 4 is 5.69 Å². The number of rotatable bonds is 1. The number of hydrogen-bond acceptors (Lipinski definition) is 3. The van der Waals surface area contributed by atoms with E-state index in [1.54, 1.807) is 12.3 Å². The Kier molecular flexibility index (Phi) is 5.17. The third kappa shape index (κ3) is 4.28. The van der Waals surface area contributed by atoms with Gasteiger partial charge in [-0.25, -0.2) is 0 Å². The molecule has 0 amide bonds. The van der Waals surface area contributed by atoms with Gasteiger partial charge in [0.05, 0.1) is 5.54 Å². The van der Waals surface area contributed by atoms with Crippen LogP contribution in [0.5, 0.6) is 0 Å². The van der Waals surface area contributed by atoms with Gasteiger partial charge in [-0.05, 0) is 25.0 Å². The molecule has 0 atom stereocenters. The molecule has 0 unspecified atom stereocenters. The zero-order valence-corrected chi connectivity index (χ0v) is 15.0. The monoisotopic (exact) mass is 331 g/mol. The van der Waals surface area contributed by atoms with Gasteiger partial charge in [-0.1, -0.05) is 31.7 Å². The van der Waals surface area contributed by atoms with Crippen LogP contribution in [0, 0.1) is 23.3 Å². The molecule has 1 aromatic heterocycles. The minimum Gasteiger partial charge on any atom is -0.418 e. The van der Waals surface area contributed by atoms with Crippen LogP contribution in [-0.2, 0) is 32.7 Å². The first-order chi connectivity index (χ1) is 8.28. The quantitative estimate of drug-likeness (QED) is 0.632. The maximum absolute atomic E-state index is 5.54. The van der Waals surface area contributed by atoms with Gasteiger partial charge in [0.2, 0.25) is 0 Å². The number of nitrogens with two attached hydrogens (primary N) is 1. The Hall–Kier alpha value is -0.426. The summed E-state index contributed by atoms with van der Waals surface area (Å²) in [7, 11) is 0. The van der Waals surface area contributed by atoms with Crippen LogP contribution in [0.4, 0.5) is 5.69 Å². The summed E-state index contributed by atoms with van der Waals surface area (Å²) in [5, 5.41) is 0. The van der Waals surface area contributed by atoms with Gasteiger partial charge < -0.3 is 10.7 Å². The molecule has 2 heterocycles. The molecule has 99 valence electrons. The van der Waals surface area contributed by atoms with Gasteiger partial charge >= 0.3 is 0 Å². The first kappa shape index (κ1) is 16.6. The Bertz CT molecular complexity index is 486. The second-order valence-corrected chi connectivity index (χ2v) is 6.22. The van der Waals surface area contributed by atoms with E-state index < -0.39 is 0 Å². The molecule has 1 fully saturated rings. The van der Waals surface area contributed by atoms with E-state index in [0.717, 1.165) is 18.8 Å². The topological polar surface area (TPSA) is 42.1 Å². The molecule has 4 heteroatoms. The standard InChI is InChI=1S/C15H20N3.Y/c1-14(2)10-18(11-14)15(3,4)8-7-13-6-5-12(16)9-17-13;/h6,9H,10-11,16H2,1-4H3;/q-1;. The second-order valence-electron chi connectivity index (χ2n) is 6.22.